The highest BCUT2D eigenvalue weighted by Gasteiger charge is 2.34. The fraction of sp³-hybridized carbons (Fsp3) is 0.167. The fourth-order valence-corrected chi connectivity index (χ4v) is 2.94. The topological polar surface area (TPSA) is 79.5 Å². The van der Waals surface area contributed by atoms with Crippen molar-refractivity contribution in [2.45, 2.75) is 18.9 Å². The zero-order valence-corrected chi connectivity index (χ0v) is 15.2. The number of hydrazine groups is 1. The van der Waals surface area contributed by atoms with E-state index >= 15 is 0 Å². The molecule has 130 valence electrons. The van der Waals surface area contributed by atoms with Gasteiger partial charge in [0.1, 0.15) is 5.03 Å². The molecule has 0 atom stereocenters. The summed E-state index contributed by atoms with van der Waals surface area (Å²) < 4.78 is 0. The largest absolute Gasteiger partial charge is 0.281 e. The first-order valence-corrected chi connectivity index (χ1v) is 8.92. The predicted octanol–water partition coefficient (Wildman–Crippen LogP) is 3.45. The van der Waals surface area contributed by atoms with Crippen LogP contribution in [0.3, 0.4) is 0 Å². The SMILES string of the molecule is [C-]#[N+]c1c(NN2C(=O)C(C)=C(C)C2=O)nc(-c2ccccc2)nc1SC. The first kappa shape index (κ1) is 17.6. The first-order chi connectivity index (χ1) is 12.5. The van der Waals surface area contributed by atoms with Gasteiger partial charge in [0.2, 0.25) is 0 Å². The summed E-state index contributed by atoms with van der Waals surface area (Å²) in [6.45, 7) is 10.6. The summed E-state index contributed by atoms with van der Waals surface area (Å²) in [4.78, 5) is 36.9. The number of carbonyl (C=O) groups is 2. The lowest BCUT2D eigenvalue weighted by Crippen LogP contribution is -2.37. The maximum absolute atomic E-state index is 12.3. The van der Waals surface area contributed by atoms with Crippen molar-refractivity contribution in [2.24, 2.45) is 0 Å². The van der Waals surface area contributed by atoms with Gasteiger partial charge < -0.3 is 0 Å². The van der Waals surface area contributed by atoms with Crippen molar-refractivity contribution in [1.29, 1.82) is 0 Å². The minimum absolute atomic E-state index is 0.127. The van der Waals surface area contributed by atoms with Crippen LogP contribution in [0.25, 0.3) is 16.2 Å². The molecule has 26 heavy (non-hydrogen) atoms. The van der Waals surface area contributed by atoms with E-state index in [-0.39, 0.29) is 11.5 Å². The van der Waals surface area contributed by atoms with E-state index in [1.807, 2.05) is 30.3 Å². The van der Waals surface area contributed by atoms with Gasteiger partial charge in [0.25, 0.3) is 17.5 Å². The van der Waals surface area contributed by atoms with Crippen LogP contribution in [0.4, 0.5) is 11.5 Å². The molecule has 8 heteroatoms. The zero-order chi connectivity index (χ0) is 18.8. The van der Waals surface area contributed by atoms with Crippen LogP contribution in [-0.2, 0) is 9.59 Å². The number of rotatable bonds is 4. The fourth-order valence-electron chi connectivity index (χ4n) is 2.43. The molecule has 0 saturated carbocycles. The maximum atomic E-state index is 12.3. The van der Waals surface area contributed by atoms with Crippen LogP contribution >= 0.6 is 11.8 Å². The standard InChI is InChI=1S/C18H15N5O2S/c1-10-11(2)18(25)23(17(10)24)22-15-13(19-3)16(26-4)21-14(20-15)12-8-6-5-7-9-12/h5-9H,1-2,4H3,(H,20,21,22). The highest BCUT2D eigenvalue weighted by atomic mass is 32.2. The van der Waals surface area contributed by atoms with Crippen LogP contribution in [0, 0.1) is 6.57 Å². The molecule has 0 aliphatic carbocycles. The molecule has 2 aromatic rings. The maximum Gasteiger partial charge on any atom is 0.275 e. The Morgan fingerprint density at radius 1 is 1.08 bits per heavy atom. The quantitative estimate of drug-likeness (QED) is 0.387. The first-order valence-electron chi connectivity index (χ1n) is 7.69. The number of amides is 2. The Balaban J connectivity index is 2.08. The van der Waals surface area contributed by atoms with Crippen LogP contribution in [0.1, 0.15) is 13.8 Å². The molecule has 1 N–H and O–H groups in total. The van der Waals surface area contributed by atoms with E-state index in [4.69, 9.17) is 6.57 Å². The van der Waals surface area contributed by atoms with E-state index < -0.39 is 11.8 Å². The molecule has 3 rings (SSSR count). The zero-order valence-electron chi connectivity index (χ0n) is 14.4. The minimum atomic E-state index is -0.450. The number of nitrogens with zero attached hydrogens (tertiary/aromatic N) is 4. The van der Waals surface area contributed by atoms with E-state index in [9.17, 15) is 9.59 Å². The van der Waals surface area contributed by atoms with Crippen LogP contribution in [0.5, 0.6) is 0 Å². The molecule has 1 aliphatic rings. The number of hydrogen-bond acceptors (Lipinski definition) is 6. The van der Waals surface area contributed by atoms with Gasteiger partial charge in [-0.05, 0) is 20.1 Å². The van der Waals surface area contributed by atoms with E-state index in [1.54, 1.807) is 20.1 Å². The Hall–Kier alpha value is -3.18. The summed E-state index contributed by atoms with van der Waals surface area (Å²) >= 11 is 1.30. The molecule has 2 heterocycles. The lowest BCUT2D eigenvalue weighted by atomic mass is 10.2. The van der Waals surface area contributed by atoms with Crippen LogP contribution in [0.2, 0.25) is 0 Å². The van der Waals surface area contributed by atoms with E-state index in [2.05, 4.69) is 20.2 Å². The Morgan fingerprint density at radius 2 is 1.69 bits per heavy atom. The van der Waals surface area contributed by atoms with Crippen molar-refractivity contribution in [3.05, 3.63) is 52.9 Å². The van der Waals surface area contributed by atoms with Crippen molar-refractivity contribution in [3.8, 4) is 11.4 Å². The number of carbonyl (C=O) groups excluding carboxylic acids is 2. The average molecular weight is 365 g/mol. The molecular weight excluding hydrogens is 350 g/mol. The second-order valence-corrected chi connectivity index (χ2v) is 6.33. The minimum Gasteiger partial charge on any atom is -0.281 e. The van der Waals surface area contributed by atoms with Gasteiger partial charge in [0, 0.05) is 16.7 Å². The number of anilines is 1. The lowest BCUT2D eigenvalue weighted by molar-refractivity contribution is -0.135. The van der Waals surface area contributed by atoms with Crippen molar-refractivity contribution in [3.63, 3.8) is 0 Å². The lowest BCUT2D eigenvalue weighted by Gasteiger charge is -2.19. The highest BCUT2D eigenvalue weighted by molar-refractivity contribution is 7.98. The van der Waals surface area contributed by atoms with Crippen LogP contribution in [-0.4, -0.2) is 33.0 Å². The van der Waals surface area contributed by atoms with Gasteiger partial charge in [-0.1, -0.05) is 30.3 Å². The number of nitrogens with one attached hydrogen (secondary N) is 1. The molecule has 1 aromatic carbocycles. The number of imide groups is 1. The summed E-state index contributed by atoms with van der Waals surface area (Å²) in [5, 5.41) is 1.36. The number of aromatic nitrogens is 2. The molecule has 0 spiro atoms. The summed E-state index contributed by atoms with van der Waals surface area (Å²) in [5.41, 5.74) is 4.40. The van der Waals surface area contributed by atoms with E-state index in [1.165, 1.54) is 11.8 Å². The second-order valence-electron chi connectivity index (χ2n) is 5.54. The van der Waals surface area contributed by atoms with Gasteiger partial charge in [-0.3, -0.25) is 15.0 Å². The molecule has 0 bridgehead atoms. The Morgan fingerprint density at radius 3 is 2.23 bits per heavy atom. The Kier molecular flexibility index (Phi) is 4.73. The van der Waals surface area contributed by atoms with Crippen molar-refractivity contribution < 1.29 is 9.59 Å². The van der Waals surface area contributed by atoms with Gasteiger partial charge in [0.05, 0.1) is 6.57 Å². The van der Waals surface area contributed by atoms with Crippen molar-refractivity contribution in [2.75, 3.05) is 11.7 Å². The molecule has 0 fully saturated rings. The summed E-state index contributed by atoms with van der Waals surface area (Å²) in [6.07, 6.45) is 1.80. The third-order valence-corrected chi connectivity index (χ3v) is 4.69. The number of thioether (sulfide) groups is 1. The van der Waals surface area contributed by atoms with Gasteiger partial charge in [0.15, 0.2) is 11.6 Å². The molecule has 0 unspecified atom stereocenters. The van der Waals surface area contributed by atoms with Gasteiger partial charge in [-0.15, -0.1) is 11.8 Å². The molecule has 1 aromatic heterocycles. The molecule has 0 radical (unpaired) electrons. The predicted molar refractivity (Wildman–Crippen MR) is 99.4 cm³/mol. The third kappa shape index (κ3) is 2.93. The summed E-state index contributed by atoms with van der Waals surface area (Å²) in [7, 11) is 0. The molecular formula is C18H15N5O2S. The van der Waals surface area contributed by atoms with Crippen molar-refractivity contribution >= 4 is 35.1 Å². The molecule has 2 amide bonds. The molecule has 0 saturated heterocycles. The van der Waals surface area contributed by atoms with E-state index in [0.29, 0.717) is 22.0 Å². The third-order valence-electron chi connectivity index (χ3n) is 4.02. The summed E-state index contributed by atoms with van der Waals surface area (Å²) in [6, 6.07) is 9.30. The van der Waals surface area contributed by atoms with Gasteiger partial charge >= 0.3 is 0 Å². The van der Waals surface area contributed by atoms with Crippen LogP contribution in [0.15, 0.2) is 46.5 Å². The Bertz CT molecular complexity index is 955. The molecule has 7 nitrogen and oxygen atoms in total. The monoisotopic (exact) mass is 365 g/mol. The average Bonchev–Trinajstić information content (AvgIpc) is 2.85. The summed E-state index contributed by atoms with van der Waals surface area (Å²) in [5.74, 6) is -0.365. The van der Waals surface area contributed by atoms with Gasteiger partial charge in [-0.25, -0.2) is 14.8 Å². The smallest absolute Gasteiger partial charge is 0.275 e. The number of benzene rings is 1. The van der Waals surface area contributed by atoms with E-state index in [0.717, 1.165) is 10.6 Å². The highest BCUT2D eigenvalue weighted by Crippen LogP contribution is 2.35. The second kappa shape index (κ2) is 6.98. The van der Waals surface area contributed by atoms with Crippen LogP contribution < -0.4 is 5.43 Å². The normalized spacial score (nSPS) is 14.0. The Labute approximate surface area is 154 Å². The molecule has 1 aliphatic heterocycles. The van der Waals surface area contributed by atoms with Crippen molar-refractivity contribution in [1.82, 2.24) is 15.0 Å². The van der Waals surface area contributed by atoms with Gasteiger partial charge in [-0.2, -0.15) is 5.01 Å². The number of hydrogen-bond donors (Lipinski definition) is 1.